The summed E-state index contributed by atoms with van der Waals surface area (Å²) in [6, 6.07) is 14.5. The summed E-state index contributed by atoms with van der Waals surface area (Å²) in [5, 5.41) is 4.54. The maximum Gasteiger partial charge on any atom is 0.132 e. The highest BCUT2D eigenvalue weighted by Gasteiger charge is 2.19. The Balaban J connectivity index is 1.94. The maximum absolute atomic E-state index is 6.02. The highest BCUT2D eigenvalue weighted by atomic mass is 32.2. The Bertz CT molecular complexity index is 1250. The van der Waals surface area contributed by atoms with Gasteiger partial charge in [-0.2, -0.15) is 0 Å². The third kappa shape index (κ3) is 4.48. The van der Waals surface area contributed by atoms with Crippen LogP contribution in [-0.4, -0.2) is 49.7 Å². The summed E-state index contributed by atoms with van der Waals surface area (Å²) in [5.74, 6) is 1.33. The molecule has 164 valence electrons. The number of hydrogen-bond acceptors (Lipinski definition) is 8. The van der Waals surface area contributed by atoms with Crippen LogP contribution >= 0.6 is 23.1 Å². The van der Waals surface area contributed by atoms with Gasteiger partial charge < -0.3 is 15.8 Å². The van der Waals surface area contributed by atoms with Crippen LogP contribution in [0.1, 0.15) is 5.56 Å². The first-order valence-corrected chi connectivity index (χ1v) is 12.0. The van der Waals surface area contributed by atoms with Crippen molar-refractivity contribution in [2.75, 3.05) is 44.6 Å². The number of ether oxygens (including phenoxy) is 1. The van der Waals surface area contributed by atoms with E-state index in [1.54, 1.807) is 49.7 Å². The molecule has 0 radical (unpaired) electrons. The predicted octanol–water partition coefficient (Wildman–Crippen LogP) is 5.44. The van der Waals surface area contributed by atoms with Crippen LogP contribution in [0.3, 0.4) is 0 Å². The first-order chi connectivity index (χ1) is 15.7. The molecule has 6 nitrogen and oxygen atoms in total. The molecule has 8 heteroatoms. The molecule has 0 saturated heterocycles. The van der Waals surface area contributed by atoms with Crippen molar-refractivity contribution in [3.63, 3.8) is 0 Å². The fraction of sp³-hybridized carbons (Fsp3) is 0.208. The number of nitrogens with one attached hydrogen (secondary N) is 1. The highest BCUT2D eigenvalue weighted by Crippen LogP contribution is 2.46. The zero-order valence-corrected chi connectivity index (χ0v) is 19.9. The number of thiophene rings is 1. The zero-order valence-electron chi connectivity index (χ0n) is 18.3. The van der Waals surface area contributed by atoms with Gasteiger partial charge in [-0.1, -0.05) is 30.3 Å². The molecule has 0 atom stereocenters. The van der Waals surface area contributed by atoms with Crippen LogP contribution in [0.4, 0.5) is 11.5 Å². The summed E-state index contributed by atoms with van der Waals surface area (Å²) >= 11 is 3.48. The molecule has 3 N–H and O–H groups in total. The molecular weight excluding hydrogens is 438 g/mol. The van der Waals surface area contributed by atoms with E-state index in [1.165, 1.54) is 4.21 Å². The van der Waals surface area contributed by atoms with Crippen molar-refractivity contribution in [2.45, 2.75) is 4.21 Å². The van der Waals surface area contributed by atoms with Crippen molar-refractivity contribution < 1.29 is 4.74 Å². The van der Waals surface area contributed by atoms with E-state index >= 15 is 0 Å². The monoisotopic (exact) mass is 463 g/mol. The lowest BCUT2D eigenvalue weighted by atomic mass is 10.00. The minimum absolute atomic E-state index is 0.453. The number of hydrogen-bond donors (Lipinski definition) is 2. The van der Waals surface area contributed by atoms with Gasteiger partial charge in [0.15, 0.2) is 0 Å². The van der Waals surface area contributed by atoms with E-state index in [-0.39, 0.29) is 0 Å². The molecular formula is C24H25N5OS2. The number of pyridine rings is 2. The molecule has 3 aromatic heterocycles. The largest absolute Gasteiger partial charge is 0.386 e. The molecule has 0 aliphatic rings. The average Bonchev–Trinajstić information content (AvgIpc) is 3.18. The molecule has 0 unspecified atom stereocenters. The van der Waals surface area contributed by atoms with Gasteiger partial charge in [0.1, 0.15) is 10.6 Å². The minimum Gasteiger partial charge on any atom is -0.386 e. The lowest BCUT2D eigenvalue weighted by Gasteiger charge is -2.11. The normalized spacial score (nSPS) is 11.5. The summed E-state index contributed by atoms with van der Waals surface area (Å²) in [6.07, 6.45) is 3.49. The molecule has 4 rings (SSSR count). The van der Waals surface area contributed by atoms with Gasteiger partial charge in [-0.3, -0.25) is 4.99 Å². The Morgan fingerprint density at radius 2 is 2.03 bits per heavy atom. The molecule has 0 aliphatic heterocycles. The average molecular weight is 464 g/mol. The fourth-order valence-corrected chi connectivity index (χ4v) is 5.94. The Hall–Kier alpha value is -2.94. The van der Waals surface area contributed by atoms with E-state index in [0.29, 0.717) is 12.4 Å². The van der Waals surface area contributed by atoms with Gasteiger partial charge in [0.05, 0.1) is 22.2 Å². The van der Waals surface area contributed by atoms with Gasteiger partial charge in [0.2, 0.25) is 0 Å². The van der Waals surface area contributed by atoms with Crippen LogP contribution in [0, 0.1) is 0 Å². The first kappa shape index (κ1) is 22.3. The standard InChI is InChI=1S/C24H25N5OS2/c1-26-13-17-11-16(14-28-22(17)25)19-12-18(15-7-5-4-6-8-15)20-21(27-2)24(31-10-9-30-3)32-23(20)29-19/h4-8,11-14,27H,9-10H2,1-3H3,(H2,25,28). The number of aliphatic imine (C=N–C) groups is 1. The second-order valence-electron chi connectivity index (χ2n) is 7.04. The molecule has 1 aromatic carbocycles. The molecule has 0 spiro atoms. The number of rotatable bonds is 8. The summed E-state index contributed by atoms with van der Waals surface area (Å²) in [5.41, 5.74) is 11.9. The number of nitrogens with zero attached hydrogens (tertiary/aromatic N) is 3. The molecule has 4 aromatic rings. The highest BCUT2D eigenvalue weighted by molar-refractivity contribution is 8.01. The second kappa shape index (κ2) is 10.1. The van der Waals surface area contributed by atoms with Crippen molar-refractivity contribution >= 4 is 51.0 Å². The lowest BCUT2D eigenvalue weighted by Crippen LogP contribution is -1.98. The molecule has 0 fully saturated rings. The van der Waals surface area contributed by atoms with E-state index in [2.05, 4.69) is 45.6 Å². The Morgan fingerprint density at radius 1 is 1.22 bits per heavy atom. The van der Waals surface area contributed by atoms with E-state index in [0.717, 1.165) is 49.6 Å². The Morgan fingerprint density at radius 3 is 2.75 bits per heavy atom. The van der Waals surface area contributed by atoms with Gasteiger partial charge in [-0.15, -0.1) is 23.1 Å². The van der Waals surface area contributed by atoms with Crippen LogP contribution in [0.15, 0.2) is 57.9 Å². The van der Waals surface area contributed by atoms with Crippen LogP contribution in [0.2, 0.25) is 0 Å². The van der Waals surface area contributed by atoms with Crippen molar-refractivity contribution in [1.82, 2.24) is 9.97 Å². The smallest absolute Gasteiger partial charge is 0.132 e. The third-order valence-corrected chi connectivity index (χ3v) is 7.32. The van der Waals surface area contributed by atoms with E-state index in [9.17, 15) is 0 Å². The van der Waals surface area contributed by atoms with E-state index < -0.39 is 0 Å². The van der Waals surface area contributed by atoms with Crippen molar-refractivity contribution in [3.05, 3.63) is 54.2 Å². The van der Waals surface area contributed by atoms with Crippen LogP contribution in [0.5, 0.6) is 0 Å². The zero-order chi connectivity index (χ0) is 22.5. The van der Waals surface area contributed by atoms with Gasteiger partial charge >= 0.3 is 0 Å². The van der Waals surface area contributed by atoms with E-state index in [4.69, 9.17) is 15.5 Å². The number of nitrogen functional groups attached to an aromatic ring is 1. The van der Waals surface area contributed by atoms with Crippen molar-refractivity contribution in [2.24, 2.45) is 4.99 Å². The minimum atomic E-state index is 0.453. The van der Waals surface area contributed by atoms with Crippen molar-refractivity contribution in [3.8, 4) is 22.4 Å². The van der Waals surface area contributed by atoms with Crippen LogP contribution in [-0.2, 0) is 4.74 Å². The lowest BCUT2D eigenvalue weighted by molar-refractivity contribution is 0.218. The number of thioether (sulfide) groups is 1. The van der Waals surface area contributed by atoms with Gasteiger partial charge in [-0.05, 0) is 23.3 Å². The van der Waals surface area contributed by atoms with Crippen molar-refractivity contribution in [1.29, 1.82) is 0 Å². The molecule has 32 heavy (non-hydrogen) atoms. The molecule has 0 aliphatic carbocycles. The molecule has 0 bridgehead atoms. The molecule has 0 saturated carbocycles. The Kier molecular flexibility index (Phi) is 7.04. The van der Waals surface area contributed by atoms with Gasteiger partial charge in [-0.25, -0.2) is 9.97 Å². The molecule has 0 amide bonds. The van der Waals surface area contributed by atoms with Crippen LogP contribution in [0.25, 0.3) is 32.6 Å². The number of methoxy groups -OCH3 is 1. The number of fused-ring (bicyclic) bond motifs is 1. The van der Waals surface area contributed by atoms with Crippen LogP contribution < -0.4 is 11.1 Å². The summed E-state index contributed by atoms with van der Waals surface area (Å²) in [6.45, 7) is 0.700. The van der Waals surface area contributed by atoms with Gasteiger partial charge in [0, 0.05) is 55.9 Å². The predicted molar refractivity (Wildman–Crippen MR) is 138 cm³/mol. The second-order valence-corrected chi connectivity index (χ2v) is 9.41. The number of aromatic nitrogens is 2. The molecule has 3 heterocycles. The summed E-state index contributed by atoms with van der Waals surface area (Å²) in [4.78, 5) is 14.5. The quantitative estimate of drug-likeness (QED) is 0.206. The number of nitrogens with two attached hydrogens (primary N) is 1. The first-order valence-electron chi connectivity index (χ1n) is 10.2. The number of benzene rings is 1. The van der Waals surface area contributed by atoms with E-state index in [1.807, 2.05) is 19.2 Å². The summed E-state index contributed by atoms with van der Waals surface area (Å²) in [7, 11) is 5.41. The SMILES string of the molecule is CN=Cc1cc(-c2cc(-c3ccccc3)c3c(NC)c(SCCOC)sc3n2)cnc1N. The topological polar surface area (TPSA) is 85.4 Å². The number of anilines is 2. The summed E-state index contributed by atoms with van der Waals surface area (Å²) < 4.78 is 6.45. The van der Waals surface area contributed by atoms with Gasteiger partial charge in [0.25, 0.3) is 0 Å². The third-order valence-electron chi connectivity index (χ3n) is 5.00. The fourth-order valence-electron chi connectivity index (χ4n) is 3.49. The maximum atomic E-state index is 6.02. The Labute approximate surface area is 196 Å².